The van der Waals surface area contributed by atoms with Crippen molar-refractivity contribution in [2.75, 3.05) is 5.73 Å². The van der Waals surface area contributed by atoms with E-state index in [2.05, 4.69) is 18.2 Å². The van der Waals surface area contributed by atoms with E-state index in [1.165, 1.54) is 17.5 Å². The van der Waals surface area contributed by atoms with Crippen LogP contribution < -0.4 is 10.5 Å². The molecule has 0 bridgehead atoms. The summed E-state index contributed by atoms with van der Waals surface area (Å²) >= 11 is 1.32. The molecule has 3 N–H and O–H groups in total. The molecule has 0 fully saturated rings. The van der Waals surface area contributed by atoms with Gasteiger partial charge in [0.1, 0.15) is 0 Å². The van der Waals surface area contributed by atoms with E-state index in [1.807, 2.05) is 30.3 Å². The standard InChI is InChI=1S/C16H22N2OS/c1-3-5-13(6-4-2)7-12-16(19)18-20-15-10-8-14(17)9-11-15/h3,5,8-11H,1,4,6-7,12,17H2,2H3,(H,18,19)/b13-5+. The monoisotopic (exact) mass is 290 g/mol. The molecule has 1 aromatic carbocycles. The van der Waals surface area contributed by atoms with Gasteiger partial charge in [-0.05, 0) is 49.1 Å². The number of hydrogen-bond acceptors (Lipinski definition) is 3. The Bertz CT molecular complexity index is 466. The first-order valence-corrected chi connectivity index (χ1v) is 7.59. The highest BCUT2D eigenvalue weighted by Gasteiger charge is 2.04. The summed E-state index contributed by atoms with van der Waals surface area (Å²) < 4.78 is 2.84. The van der Waals surface area contributed by atoms with Gasteiger partial charge in [-0.25, -0.2) is 0 Å². The zero-order chi connectivity index (χ0) is 14.8. The van der Waals surface area contributed by atoms with Gasteiger partial charge in [-0.3, -0.25) is 9.52 Å². The number of anilines is 1. The lowest BCUT2D eigenvalue weighted by Crippen LogP contribution is -2.15. The van der Waals surface area contributed by atoms with Crippen molar-refractivity contribution >= 4 is 23.5 Å². The topological polar surface area (TPSA) is 55.1 Å². The normalized spacial score (nSPS) is 11.2. The molecule has 1 amide bonds. The fraction of sp³-hybridized carbons (Fsp3) is 0.312. The van der Waals surface area contributed by atoms with Crippen molar-refractivity contribution in [2.45, 2.75) is 37.5 Å². The Labute approximate surface area is 125 Å². The quantitative estimate of drug-likeness (QED) is 0.431. The summed E-state index contributed by atoms with van der Waals surface area (Å²) in [4.78, 5) is 12.8. The summed E-state index contributed by atoms with van der Waals surface area (Å²) in [5.74, 6) is 0.0397. The molecule has 0 saturated carbocycles. The molecule has 0 atom stereocenters. The van der Waals surface area contributed by atoms with Crippen LogP contribution in [0, 0.1) is 0 Å². The van der Waals surface area contributed by atoms with Gasteiger partial charge >= 0.3 is 0 Å². The van der Waals surface area contributed by atoms with E-state index in [-0.39, 0.29) is 5.91 Å². The minimum absolute atomic E-state index is 0.0397. The minimum atomic E-state index is 0.0397. The third-order valence-electron chi connectivity index (χ3n) is 2.76. The van der Waals surface area contributed by atoms with Crippen LogP contribution >= 0.6 is 11.9 Å². The first-order chi connectivity index (χ1) is 9.65. The van der Waals surface area contributed by atoms with Gasteiger partial charge < -0.3 is 5.73 Å². The maximum atomic E-state index is 11.8. The average Bonchev–Trinajstić information content (AvgIpc) is 2.44. The van der Waals surface area contributed by atoms with Crippen LogP contribution in [-0.4, -0.2) is 5.91 Å². The number of carbonyl (C=O) groups is 1. The molecule has 4 heteroatoms. The number of benzene rings is 1. The van der Waals surface area contributed by atoms with Gasteiger partial charge in [0.2, 0.25) is 5.91 Å². The molecule has 0 unspecified atom stereocenters. The maximum absolute atomic E-state index is 11.8. The second kappa shape index (κ2) is 9.26. The number of nitrogens with two attached hydrogens (primary N) is 1. The van der Waals surface area contributed by atoms with Crippen molar-refractivity contribution < 1.29 is 4.79 Å². The lowest BCUT2D eigenvalue weighted by Gasteiger charge is -2.07. The summed E-state index contributed by atoms with van der Waals surface area (Å²) in [6.45, 7) is 5.83. The van der Waals surface area contributed by atoms with Crippen LogP contribution in [0.2, 0.25) is 0 Å². The molecule has 108 valence electrons. The van der Waals surface area contributed by atoms with Crippen LogP contribution in [-0.2, 0) is 4.79 Å². The van der Waals surface area contributed by atoms with E-state index in [0.29, 0.717) is 6.42 Å². The van der Waals surface area contributed by atoms with Crippen molar-refractivity contribution in [3.05, 3.63) is 48.6 Å². The second-order valence-corrected chi connectivity index (χ2v) is 5.39. The number of amides is 1. The predicted molar refractivity (Wildman–Crippen MR) is 87.3 cm³/mol. The molecular weight excluding hydrogens is 268 g/mol. The molecule has 0 aliphatic rings. The number of rotatable bonds is 8. The van der Waals surface area contributed by atoms with E-state index in [0.717, 1.165) is 29.8 Å². The fourth-order valence-corrected chi connectivity index (χ4v) is 2.36. The van der Waals surface area contributed by atoms with Crippen LogP contribution in [0.3, 0.4) is 0 Å². The highest BCUT2D eigenvalue weighted by atomic mass is 32.2. The van der Waals surface area contributed by atoms with E-state index >= 15 is 0 Å². The first kappa shape index (κ1) is 16.4. The molecule has 20 heavy (non-hydrogen) atoms. The third-order valence-corrected chi connectivity index (χ3v) is 3.60. The highest BCUT2D eigenvalue weighted by molar-refractivity contribution is 7.98. The van der Waals surface area contributed by atoms with Crippen molar-refractivity contribution in [1.82, 2.24) is 4.72 Å². The Morgan fingerprint density at radius 3 is 2.60 bits per heavy atom. The summed E-state index contributed by atoms with van der Waals surface area (Å²) in [6.07, 6.45) is 7.18. The van der Waals surface area contributed by atoms with Gasteiger partial charge in [0.25, 0.3) is 0 Å². The van der Waals surface area contributed by atoms with Crippen LogP contribution in [0.5, 0.6) is 0 Å². The van der Waals surface area contributed by atoms with E-state index in [1.54, 1.807) is 6.08 Å². The molecule has 1 aromatic rings. The highest BCUT2D eigenvalue weighted by Crippen LogP contribution is 2.17. The average molecular weight is 290 g/mol. The van der Waals surface area contributed by atoms with Crippen LogP contribution in [0.4, 0.5) is 5.69 Å². The zero-order valence-corrected chi connectivity index (χ0v) is 12.7. The van der Waals surface area contributed by atoms with Crippen molar-refractivity contribution in [1.29, 1.82) is 0 Å². The Morgan fingerprint density at radius 1 is 1.30 bits per heavy atom. The molecule has 1 rings (SSSR count). The van der Waals surface area contributed by atoms with E-state index in [4.69, 9.17) is 5.73 Å². The van der Waals surface area contributed by atoms with Crippen LogP contribution in [0.25, 0.3) is 0 Å². The summed E-state index contributed by atoms with van der Waals surface area (Å²) in [7, 11) is 0. The molecule has 0 aromatic heterocycles. The predicted octanol–water partition coefficient (Wildman–Crippen LogP) is 4.08. The summed E-state index contributed by atoms with van der Waals surface area (Å²) in [5, 5.41) is 0. The van der Waals surface area contributed by atoms with Gasteiger partial charge in [0.15, 0.2) is 0 Å². The van der Waals surface area contributed by atoms with E-state index < -0.39 is 0 Å². The summed E-state index contributed by atoms with van der Waals surface area (Å²) in [5.41, 5.74) is 7.60. The Balaban J connectivity index is 2.34. The van der Waals surface area contributed by atoms with Crippen molar-refractivity contribution in [3.63, 3.8) is 0 Å². The molecule has 3 nitrogen and oxygen atoms in total. The number of nitrogen functional groups attached to an aromatic ring is 1. The minimum Gasteiger partial charge on any atom is -0.399 e. The van der Waals surface area contributed by atoms with Gasteiger partial charge in [0.05, 0.1) is 0 Å². The lowest BCUT2D eigenvalue weighted by molar-refractivity contribution is -0.119. The number of nitrogens with one attached hydrogen (secondary N) is 1. The molecule has 0 saturated heterocycles. The number of carbonyl (C=O) groups excluding carboxylic acids is 1. The molecule has 0 heterocycles. The van der Waals surface area contributed by atoms with Gasteiger partial charge in [-0.2, -0.15) is 0 Å². The maximum Gasteiger partial charge on any atom is 0.230 e. The Morgan fingerprint density at radius 2 is 2.00 bits per heavy atom. The first-order valence-electron chi connectivity index (χ1n) is 6.77. The third kappa shape index (κ3) is 6.48. The van der Waals surface area contributed by atoms with Crippen LogP contribution in [0.1, 0.15) is 32.6 Å². The van der Waals surface area contributed by atoms with Crippen molar-refractivity contribution in [3.8, 4) is 0 Å². The number of hydrogen-bond donors (Lipinski definition) is 2. The summed E-state index contributed by atoms with van der Waals surface area (Å²) in [6, 6.07) is 7.42. The largest absolute Gasteiger partial charge is 0.399 e. The Kier molecular flexibility index (Phi) is 7.58. The fourth-order valence-electron chi connectivity index (χ4n) is 1.76. The molecular formula is C16H22N2OS. The SMILES string of the molecule is C=C/C=C(\CCC)CCC(=O)NSc1ccc(N)cc1. The Hall–Kier alpha value is -1.68. The van der Waals surface area contributed by atoms with Gasteiger partial charge in [-0.1, -0.05) is 37.6 Å². The molecule has 0 aliphatic carbocycles. The molecule has 0 radical (unpaired) electrons. The van der Waals surface area contributed by atoms with Crippen LogP contribution in [0.15, 0.2) is 53.5 Å². The second-order valence-electron chi connectivity index (χ2n) is 4.51. The number of allylic oxidation sites excluding steroid dienone is 3. The zero-order valence-electron chi connectivity index (χ0n) is 11.9. The van der Waals surface area contributed by atoms with Gasteiger partial charge in [0, 0.05) is 17.0 Å². The molecule has 0 spiro atoms. The van der Waals surface area contributed by atoms with Crippen molar-refractivity contribution in [2.24, 2.45) is 0 Å². The molecule has 0 aliphatic heterocycles. The lowest BCUT2D eigenvalue weighted by atomic mass is 10.0. The van der Waals surface area contributed by atoms with Gasteiger partial charge in [-0.15, -0.1) is 0 Å². The van der Waals surface area contributed by atoms with E-state index in [9.17, 15) is 4.79 Å². The smallest absolute Gasteiger partial charge is 0.230 e.